The maximum absolute atomic E-state index is 13.7. The summed E-state index contributed by atoms with van der Waals surface area (Å²) in [5, 5.41) is 0. The maximum Gasteiger partial charge on any atom is 0.437 e. The third kappa shape index (κ3) is 4.31. The molecule has 0 saturated heterocycles. The van der Waals surface area contributed by atoms with Crippen molar-refractivity contribution in [1.82, 2.24) is 0 Å². The number of rotatable bonds is 4. The average Bonchev–Trinajstić information content (AvgIpc) is 3.25. The Balaban J connectivity index is 1.90. The Bertz CT molecular complexity index is 767. The molecule has 0 aromatic carbocycles. The minimum atomic E-state index is -5.70. The van der Waals surface area contributed by atoms with E-state index in [9.17, 15) is 31.1 Å². The predicted molar refractivity (Wildman–Crippen MR) is 107 cm³/mol. The van der Waals surface area contributed by atoms with E-state index >= 15 is 0 Å². The second-order valence-corrected chi connectivity index (χ2v) is 15.2. The average molecular weight is 469 g/mol. The van der Waals surface area contributed by atoms with Crippen LogP contribution < -0.4 is 0 Å². The Labute approximate surface area is 180 Å². The molecule has 176 valence electrons. The van der Waals surface area contributed by atoms with Gasteiger partial charge in [-0.05, 0) is 80.8 Å². The number of fused-ring (bicyclic) bond motifs is 1. The second kappa shape index (κ2) is 7.51. The number of Topliss-reactive ketones (excluding diaryl/α,β-unsaturated/α-hetero) is 1. The molecule has 2 nitrogen and oxygen atoms in total. The minimum absolute atomic E-state index is 0.0306. The first kappa shape index (κ1) is 24.6. The smallest absolute Gasteiger partial charge is 0.388 e. The molecule has 9 heteroatoms. The topological polar surface area (TPSA) is 26.3 Å². The first-order chi connectivity index (χ1) is 14.0. The van der Waals surface area contributed by atoms with Crippen LogP contribution in [0.25, 0.3) is 0 Å². The summed E-state index contributed by atoms with van der Waals surface area (Å²) in [6.45, 7) is 5.92. The molecule has 0 heterocycles. The Morgan fingerprint density at radius 2 is 1.61 bits per heavy atom. The maximum atomic E-state index is 13.7. The van der Waals surface area contributed by atoms with Crippen molar-refractivity contribution in [1.29, 1.82) is 0 Å². The first-order valence-corrected chi connectivity index (χ1v) is 14.2. The predicted octanol–water partition coefficient (Wildman–Crippen LogP) is 6.66. The van der Waals surface area contributed by atoms with E-state index in [1.807, 2.05) is 0 Å². The van der Waals surface area contributed by atoms with Gasteiger partial charge >= 0.3 is 18.0 Å². The monoisotopic (exact) mass is 468 g/mol. The van der Waals surface area contributed by atoms with Crippen LogP contribution in [0.3, 0.4) is 0 Å². The molecule has 0 amide bonds. The molecule has 0 spiro atoms. The van der Waals surface area contributed by atoms with E-state index in [0.717, 1.165) is 38.5 Å². The largest absolute Gasteiger partial charge is 0.437 e. The Hall–Kier alpha value is -1.01. The summed E-state index contributed by atoms with van der Waals surface area (Å²) in [5.41, 5.74) is -5.09. The fourth-order valence-corrected chi connectivity index (χ4v) is 7.19. The first-order valence-electron chi connectivity index (χ1n) is 10.8. The molecule has 0 bridgehead atoms. The van der Waals surface area contributed by atoms with Crippen molar-refractivity contribution in [2.75, 3.05) is 0 Å². The van der Waals surface area contributed by atoms with E-state index < -0.39 is 31.7 Å². The van der Waals surface area contributed by atoms with Crippen LogP contribution in [0.5, 0.6) is 0 Å². The summed E-state index contributed by atoms with van der Waals surface area (Å²) in [6.07, 6.45) is -6.22. The summed E-state index contributed by atoms with van der Waals surface area (Å²) < 4.78 is 86.9. The van der Waals surface area contributed by atoms with Gasteiger partial charge in [-0.15, -0.1) is 0 Å². The number of carbonyl (C=O) groups is 1. The molecule has 3 fully saturated rings. The Morgan fingerprint density at radius 1 is 1.03 bits per heavy atom. The zero-order valence-corrected chi connectivity index (χ0v) is 19.4. The highest BCUT2D eigenvalue weighted by Gasteiger charge is 2.73. The van der Waals surface area contributed by atoms with Crippen molar-refractivity contribution < 1.29 is 35.6 Å². The van der Waals surface area contributed by atoms with Crippen LogP contribution in [-0.4, -0.2) is 32.1 Å². The van der Waals surface area contributed by atoms with Gasteiger partial charge < -0.3 is 4.43 Å². The van der Waals surface area contributed by atoms with Crippen LogP contribution in [-0.2, 0) is 9.22 Å². The van der Waals surface area contributed by atoms with Crippen molar-refractivity contribution >= 4 is 14.1 Å². The molecule has 0 aliphatic heterocycles. The minimum Gasteiger partial charge on any atom is -0.388 e. The number of hydrogen-bond donors (Lipinski definition) is 0. The van der Waals surface area contributed by atoms with Gasteiger partial charge in [-0.25, -0.2) is 0 Å². The standard InChI is InChI=1S/C22H30F6O2Si/c1-18-10-5-7-16(29)15(18)8-9-17(18)19(13-14-19)11-6-12-20(21(23,24)25,22(26,27)28)30-31(2,3)4/h15,17H,5,7-11,13-14H2,1-4H3. The van der Waals surface area contributed by atoms with E-state index in [-0.39, 0.29) is 29.5 Å². The van der Waals surface area contributed by atoms with Crippen LogP contribution in [0.4, 0.5) is 26.3 Å². The summed E-state index contributed by atoms with van der Waals surface area (Å²) in [7, 11) is -3.24. The van der Waals surface area contributed by atoms with Crippen LogP contribution in [0.1, 0.15) is 58.3 Å². The van der Waals surface area contributed by atoms with Gasteiger partial charge in [0.1, 0.15) is 5.78 Å². The quantitative estimate of drug-likeness (QED) is 0.262. The summed E-state index contributed by atoms with van der Waals surface area (Å²) >= 11 is 0. The van der Waals surface area contributed by atoms with Gasteiger partial charge in [-0.2, -0.15) is 26.3 Å². The van der Waals surface area contributed by atoms with Crippen molar-refractivity contribution in [3.63, 3.8) is 0 Å². The van der Waals surface area contributed by atoms with E-state index in [2.05, 4.69) is 12.8 Å². The van der Waals surface area contributed by atoms with Gasteiger partial charge in [0.2, 0.25) is 0 Å². The molecule has 0 aromatic rings. The highest BCUT2D eigenvalue weighted by Crippen LogP contribution is 2.68. The highest BCUT2D eigenvalue weighted by molar-refractivity contribution is 6.69. The number of ketones is 1. The zero-order chi connectivity index (χ0) is 23.5. The Morgan fingerprint density at radius 3 is 2.10 bits per heavy atom. The van der Waals surface area contributed by atoms with Crippen LogP contribution in [0.2, 0.25) is 19.6 Å². The third-order valence-corrected chi connectivity index (χ3v) is 8.38. The van der Waals surface area contributed by atoms with Crippen LogP contribution in [0, 0.1) is 34.5 Å². The molecule has 3 atom stereocenters. The lowest BCUT2D eigenvalue weighted by Crippen LogP contribution is -2.61. The fraction of sp³-hybridized carbons (Fsp3) is 0.864. The van der Waals surface area contributed by atoms with E-state index in [4.69, 9.17) is 4.43 Å². The molecule has 0 aromatic heterocycles. The van der Waals surface area contributed by atoms with Gasteiger partial charge in [-0.3, -0.25) is 4.79 Å². The molecule has 0 N–H and O–H groups in total. The van der Waals surface area contributed by atoms with Gasteiger partial charge in [0.05, 0.1) is 0 Å². The SMILES string of the molecule is CC12CCCC(=O)C1CCC2C1(CC#CC(O[Si](C)(C)C)(C(F)(F)F)C(F)(F)F)CC1. The van der Waals surface area contributed by atoms with Gasteiger partial charge in [0.15, 0.2) is 8.32 Å². The molecule has 31 heavy (non-hydrogen) atoms. The summed E-state index contributed by atoms with van der Waals surface area (Å²) in [6, 6.07) is 0. The summed E-state index contributed by atoms with van der Waals surface area (Å²) in [4.78, 5) is 12.4. The normalized spacial score (nSPS) is 31.1. The van der Waals surface area contributed by atoms with Crippen molar-refractivity contribution in [3.05, 3.63) is 0 Å². The second-order valence-electron chi connectivity index (χ2n) is 10.7. The van der Waals surface area contributed by atoms with Crippen molar-refractivity contribution in [3.8, 4) is 11.8 Å². The molecule has 3 aliphatic rings. The molecule has 3 saturated carbocycles. The molecule has 3 rings (SSSR count). The lowest BCUT2D eigenvalue weighted by Gasteiger charge is -2.43. The lowest BCUT2D eigenvalue weighted by molar-refractivity contribution is -0.336. The number of halogens is 6. The van der Waals surface area contributed by atoms with Crippen molar-refractivity contribution in [2.45, 2.75) is 95.9 Å². The number of carbonyl (C=O) groups excluding carboxylic acids is 1. The molecule has 3 aliphatic carbocycles. The number of hydrogen-bond acceptors (Lipinski definition) is 2. The van der Waals surface area contributed by atoms with E-state index in [1.165, 1.54) is 25.6 Å². The lowest BCUT2D eigenvalue weighted by atomic mass is 9.60. The third-order valence-electron chi connectivity index (χ3n) is 7.46. The van der Waals surface area contributed by atoms with Crippen molar-refractivity contribution in [2.24, 2.45) is 22.7 Å². The van der Waals surface area contributed by atoms with Gasteiger partial charge in [0.25, 0.3) is 0 Å². The van der Waals surface area contributed by atoms with Crippen LogP contribution >= 0.6 is 0 Å². The molecular formula is C22H30F6O2Si. The van der Waals surface area contributed by atoms with E-state index in [0.29, 0.717) is 6.42 Å². The van der Waals surface area contributed by atoms with E-state index in [1.54, 1.807) is 0 Å². The molecule has 3 unspecified atom stereocenters. The summed E-state index contributed by atoms with van der Waals surface area (Å²) in [5.74, 6) is 4.12. The zero-order valence-electron chi connectivity index (χ0n) is 18.4. The highest BCUT2D eigenvalue weighted by atomic mass is 28.4. The Kier molecular flexibility index (Phi) is 5.97. The molecule has 0 radical (unpaired) electrons. The van der Waals surface area contributed by atoms with Gasteiger partial charge in [0, 0.05) is 18.8 Å². The van der Waals surface area contributed by atoms with Gasteiger partial charge in [-0.1, -0.05) is 12.8 Å². The van der Waals surface area contributed by atoms with Crippen LogP contribution in [0.15, 0.2) is 0 Å². The molecular weight excluding hydrogens is 438 g/mol. The number of alkyl halides is 6. The fourth-order valence-electron chi connectivity index (χ4n) is 5.99.